The quantitative estimate of drug-likeness (QED) is 0.607. The molecule has 2 aliphatic rings. The van der Waals surface area contributed by atoms with E-state index >= 15 is 0 Å². The Labute approximate surface area is 75.5 Å². The van der Waals surface area contributed by atoms with Crippen molar-refractivity contribution in [3.8, 4) is 0 Å². The van der Waals surface area contributed by atoms with E-state index in [1.807, 2.05) is 0 Å². The molecule has 0 unspecified atom stereocenters. The summed E-state index contributed by atoms with van der Waals surface area (Å²) in [6, 6.07) is 1.75. The predicted molar refractivity (Wildman–Crippen MR) is 51.2 cm³/mol. The van der Waals surface area contributed by atoms with Gasteiger partial charge in [0.05, 0.1) is 0 Å². The first-order valence-corrected chi connectivity index (χ1v) is 5.11. The van der Waals surface area contributed by atoms with Crippen molar-refractivity contribution < 1.29 is 0 Å². The molecule has 0 N–H and O–H groups in total. The summed E-state index contributed by atoms with van der Waals surface area (Å²) < 4.78 is 0. The molecule has 2 nitrogen and oxygen atoms in total. The summed E-state index contributed by atoms with van der Waals surface area (Å²) in [6.07, 6.45) is 1.42. The maximum Gasteiger partial charge on any atom is 0.0239 e. The van der Waals surface area contributed by atoms with Crippen LogP contribution in [0, 0.1) is 5.92 Å². The second-order valence-electron chi connectivity index (χ2n) is 4.83. The van der Waals surface area contributed by atoms with E-state index in [1.165, 1.54) is 26.1 Å². The highest BCUT2D eigenvalue weighted by Crippen LogP contribution is 2.29. The van der Waals surface area contributed by atoms with Gasteiger partial charge in [0.1, 0.15) is 0 Å². The van der Waals surface area contributed by atoms with Crippen LogP contribution in [0.3, 0.4) is 0 Å². The highest BCUT2D eigenvalue weighted by Gasteiger charge is 2.40. The number of nitrogens with zero attached hydrogens (tertiary/aromatic N) is 2. The first kappa shape index (κ1) is 8.52. The van der Waals surface area contributed by atoms with Gasteiger partial charge in [-0.05, 0) is 19.4 Å². The lowest BCUT2D eigenvalue weighted by Gasteiger charge is -2.32. The van der Waals surface area contributed by atoms with Crippen LogP contribution in [-0.4, -0.2) is 48.6 Å². The third kappa shape index (κ3) is 1.38. The molecular formula is C10H20N2. The summed E-state index contributed by atoms with van der Waals surface area (Å²) in [7, 11) is 2.26. The fourth-order valence-corrected chi connectivity index (χ4v) is 2.64. The maximum absolute atomic E-state index is 2.68. The van der Waals surface area contributed by atoms with Crippen LogP contribution in [0.15, 0.2) is 0 Å². The molecule has 70 valence electrons. The summed E-state index contributed by atoms with van der Waals surface area (Å²) in [5.74, 6) is 0.828. The molecule has 0 saturated carbocycles. The van der Waals surface area contributed by atoms with Crippen molar-refractivity contribution in [1.29, 1.82) is 0 Å². The fourth-order valence-electron chi connectivity index (χ4n) is 2.64. The number of fused-ring (bicyclic) bond motifs is 2. The zero-order chi connectivity index (χ0) is 8.72. The van der Waals surface area contributed by atoms with E-state index in [-0.39, 0.29) is 0 Å². The highest BCUT2D eigenvalue weighted by molar-refractivity contribution is 4.98. The van der Waals surface area contributed by atoms with Gasteiger partial charge in [-0.15, -0.1) is 0 Å². The molecule has 2 rings (SSSR count). The Kier molecular flexibility index (Phi) is 2.13. The van der Waals surface area contributed by atoms with Crippen LogP contribution in [-0.2, 0) is 0 Å². The van der Waals surface area contributed by atoms with Gasteiger partial charge in [0.25, 0.3) is 0 Å². The molecule has 2 saturated heterocycles. The van der Waals surface area contributed by atoms with Crippen molar-refractivity contribution >= 4 is 0 Å². The Balaban J connectivity index is 1.90. The van der Waals surface area contributed by atoms with Crippen LogP contribution in [0.5, 0.6) is 0 Å². The average Bonchev–Trinajstić information content (AvgIpc) is 2.44. The van der Waals surface area contributed by atoms with E-state index in [0.29, 0.717) is 0 Å². The van der Waals surface area contributed by atoms with Gasteiger partial charge in [0.15, 0.2) is 0 Å². The molecule has 0 aromatic rings. The number of piperazine rings is 1. The van der Waals surface area contributed by atoms with Gasteiger partial charge in [-0.25, -0.2) is 0 Å². The average molecular weight is 168 g/mol. The minimum atomic E-state index is 0.828. The Morgan fingerprint density at radius 3 is 2.42 bits per heavy atom. The first-order chi connectivity index (χ1) is 5.66. The Morgan fingerprint density at radius 2 is 2.00 bits per heavy atom. The van der Waals surface area contributed by atoms with E-state index in [0.717, 1.165) is 18.0 Å². The minimum Gasteiger partial charge on any atom is -0.301 e. The van der Waals surface area contributed by atoms with E-state index < -0.39 is 0 Å². The second-order valence-corrected chi connectivity index (χ2v) is 4.83. The summed E-state index contributed by atoms with van der Waals surface area (Å²) in [4.78, 5) is 5.19. The van der Waals surface area contributed by atoms with Gasteiger partial charge in [-0.3, -0.25) is 4.90 Å². The van der Waals surface area contributed by atoms with Crippen LogP contribution in [0.1, 0.15) is 20.3 Å². The van der Waals surface area contributed by atoms with E-state index in [4.69, 9.17) is 0 Å². The topological polar surface area (TPSA) is 6.48 Å². The zero-order valence-corrected chi connectivity index (χ0v) is 8.45. The fraction of sp³-hybridized carbons (Fsp3) is 1.00. The highest BCUT2D eigenvalue weighted by atomic mass is 15.3. The van der Waals surface area contributed by atoms with Gasteiger partial charge < -0.3 is 4.90 Å². The SMILES string of the molecule is CC(C)CN1C[C@H]2C[C@@H]1CN2C. The second kappa shape index (κ2) is 3.00. The van der Waals surface area contributed by atoms with Crippen LogP contribution in [0.2, 0.25) is 0 Å². The third-order valence-electron chi connectivity index (χ3n) is 3.23. The smallest absolute Gasteiger partial charge is 0.0239 e. The summed E-state index contributed by atoms with van der Waals surface area (Å²) in [5.41, 5.74) is 0. The molecule has 2 aliphatic heterocycles. The number of hydrogen-bond donors (Lipinski definition) is 0. The van der Waals surface area contributed by atoms with Gasteiger partial charge in [-0.2, -0.15) is 0 Å². The van der Waals surface area contributed by atoms with E-state index in [2.05, 4.69) is 30.7 Å². The summed E-state index contributed by atoms with van der Waals surface area (Å²) in [6.45, 7) is 8.55. The van der Waals surface area contributed by atoms with Gasteiger partial charge in [0, 0.05) is 31.7 Å². The summed E-state index contributed by atoms with van der Waals surface area (Å²) >= 11 is 0. The number of hydrogen-bond acceptors (Lipinski definition) is 2. The van der Waals surface area contributed by atoms with Gasteiger partial charge in [-0.1, -0.05) is 13.8 Å². The molecule has 2 bridgehead atoms. The molecule has 2 heteroatoms. The first-order valence-electron chi connectivity index (χ1n) is 5.11. The molecule has 2 heterocycles. The van der Waals surface area contributed by atoms with Crippen LogP contribution >= 0.6 is 0 Å². The molecule has 0 amide bonds. The van der Waals surface area contributed by atoms with Crippen LogP contribution in [0.4, 0.5) is 0 Å². The molecule has 2 fully saturated rings. The van der Waals surface area contributed by atoms with Crippen molar-refractivity contribution in [3.05, 3.63) is 0 Å². The monoisotopic (exact) mass is 168 g/mol. The zero-order valence-electron chi connectivity index (χ0n) is 8.45. The normalized spacial score (nSPS) is 37.0. The molecule has 12 heavy (non-hydrogen) atoms. The number of rotatable bonds is 2. The van der Waals surface area contributed by atoms with E-state index in [9.17, 15) is 0 Å². The lowest BCUT2D eigenvalue weighted by molar-refractivity contribution is 0.137. The molecule has 0 spiro atoms. The molecule has 0 aromatic carbocycles. The summed E-state index contributed by atoms with van der Waals surface area (Å²) in [5, 5.41) is 0. The lowest BCUT2D eigenvalue weighted by Crippen LogP contribution is -2.45. The van der Waals surface area contributed by atoms with Crippen molar-refractivity contribution in [2.24, 2.45) is 5.92 Å². The molecule has 0 aromatic heterocycles. The molecule has 0 aliphatic carbocycles. The molecule has 0 radical (unpaired) electrons. The Bertz CT molecular complexity index is 165. The maximum atomic E-state index is 2.68. The van der Waals surface area contributed by atoms with Crippen molar-refractivity contribution in [2.45, 2.75) is 32.4 Å². The largest absolute Gasteiger partial charge is 0.301 e. The van der Waals surface area contributed by atoms with E-state index in [1.54, 1.807) is 0 Å². The van der Waals surface area contributed by atoms with Crippen molar-refractivity contribution in [1.82, 2.24) is 9.80 Å². The van der Waals surface area contributed by atoms with Crippen LogP contribution in [0.25, 0.3) is 0 Å². The van der Waals surface area contributed by atoms with Crippen LogP contribution < -0.4 is 0 Å². The third-order valence-corrected chi connectivity index (χ3v) is 3.23. The predicted octanol–water partition coefficient (Wildman–Crippen LogP) is 1.03. The number of likely N-dealkylation sites (N-methyl/N-ethyl adjacent to an activating group) is 1. The van der Waals surface area contributed by atoms with Gasteiger partial charge in [0.2, 0.25) is 0 Å². The minimum absolute atomic E-state index is 0.828. The Morgan fingerprint density at radius 1 is 1.25 bits per heavy atom. The number of likely N-dealkylation sites (tertiary alicyclic amines) is 2. The van der Waals surface area contributed by atoms with Gasteiger partial charge >= 0.3 is 0 Å². The van der Waals surface area contributed by atoms with Crippen molar-refractivity contribution in [2.75, 3.05) is 26.7 Å². The Hall–Kier alpha value is -0.0800. The standard InChI is InChI=1S/C10H20N2/c1-8(2)5-12-7-9-4-10(12)6-11(9)3/h8-10H,4-7H2,1-3H3/t9-,10-/m1/s1. The molecule has 2 atom stereocenters. The lowest BCUT2D eigenvalue weighted by atomic mass is 10.2. The molecular weight excluding hydrogens is 148 g/mol. The van der Waals surface area contributed by atoms with Crippen molar-refractivity contribution in [3.63, 3.8) is 0 Å².